The maximum Gasteiger partial charge on any atom is 0.110 e. The maximum absolute atomic E-state index is 12.0. The van der Waals surface area contributed by atoms with Crippen molar-refractivity contribution in [3.63, 3.8) is 0 Å². The van der Waals surface area contributed by atoms with Crippen molar-refractivity contribution in [1.82, 2.24) is 5.32 Å². The van der Waals surface area contributed by atoms with E-state index in [1.807, 2.05) is 0 Å². The minimum Gasteiger partial charge on any atom is -0.310 e. The number of rotatable bonds is 4. The Kier molecular flexibility index (Phi) is 3.70. The van der Waals surface area contributed by atoms with Gasteiger partial charge in [-0.1, -0.05) is 6.92 Å². The molecule has 0 aromatic rings. The Balaban J connectivity index is 3.82. The van der Waals surface area contributed by atoms with Gasteiger partial charge in [0.1, 0.15) is 13.3 Å². The summed E-state index contributed by atoms with van der Waals surface area (Å²) in [5.74, 6) is 0. The Hall–Kier alpha value is -0.180. The molecule has 0 spiro atoms. The topological polar surface area (TPSA) is 12.0 Å². The minimum absolute atomic E-state index is 0.483. The summed E-state index contributed by atoms with van der Waals surface area (Å²) in [5.41, 5.74) is -0.917. The van der Waals surface area contributed by atoms with E-state index in [1.54, 1.807) is 14.0 Å². The zero-order valence-electron chi connectivity index (χ0n) is 5.88. The molecule has 0 saturated carbocycles. The van der Waals surface area contributed by atoms with E-state index in [9.17, 15) is 8.78 Å². The van der Waals surface area contributed by atoms with Crippen LogP contribution in [0, 0.1) is 0 Å². The SMILES string of the molecule is CCC(CF)(CF)NC. The van der Waals surface area contributed by atoms with Crippen molar-refractivity contribution in [3.8, 4) is 0 Å². The molecule has 0 aromatic carbocycles. The molecule has 0 aliphatic carbocycles. The van der Waals surface area contributed by atoms with Gasteiger partial charge in [0.2, 0.25) is 0 Å². The zero-order chi connectivity index (χ0) is 7.33. The van der Waals surface area contributed by atoms with E-state index in [-0.39, 0.29) is 0 Å². The standard InChI is InChI=1S/C6H13F2N/c1-3-6(4-7,5-8)9-2/h9H,3-5H2,1-2H3. The van der Waals surface area contributed by atoms with Gasteiger partial charge in [-0.25, -0.2) is 8.78 Å². The molecule has 0 saturated heterocycles. The quantitative estimate of drug-likeness (QED) is 0.615. The van der Waals surface area contributed by atoms with Crippen LogP contribution >= 0.6 is 0 Å². The Morgan fingerprint density at radius 1 is 1.33 bits per heavy atom. The van der Waals surface area contributed by atoms with Crippen LogP contribution in [0.25, 0.3) is 0 Å². The Morgan fingerprint density at radius 2 is 1.78 bits per heavy atom. The molecule has 0 aromatic heterocycles. The van der Waals surface area contributed by atoms with E-state index in [0.29, 0.717) is 6.42 Å². The van der Waals surface area contributed by atoms with Gasteiger partial charge in [0.25, 0.3) is 0 Å². The number of hydrogen-bond donors (Lipinski definition) is 1. The molecule has 0 aliphatic heterocycles. The maximum atomic E-state index is 12.0. The van der Waals surface area contributed by atoms with Gasteiger partial charge in [0.15, 0.2) is 0 Å². The van der Waals surface area contributed by atoms with Gasteiger partial charge in [-0.05, 0) is 13.5 Å². The van der Waals surface area contributed by atoms with Crippen LogP contribution in [-0.2, 0) is 0 Å². The zero-order valence-corrected chi connectivity index (χ0v) is 5.88. The highest BCUT2D eigenvalue weighted by atomic mass is 19.1. The molecule has 0 fully saturated rings. The fourth-order valence-electron chi connectivity index (χ4n) is 0.535. The Morgan fingerprint density at radius 3 is 1.78 bits per heavy atom. The van der Waals surface area contributed by atoms with E-state index in [0.717, 1.165) is 0 Å². The Labute approximate surface area is 54.4 Å². The molecule has 56 valence electrons. The van der Waals surface area contributed by atoms with Crippen molar-refractivity contribution in [2.24, 2.45) is 0 Å². The van der Waals surface area contributed by atoms with Gasteiger partial charge >= 0.3 is 0 Å². The highest BCUT2D eigenvalue weighted by molar-refractivity contribution is 4.83. The smallest absolute Gasteiger partial charge is 0.110 e. The van der Waals surface area contributed by atoms with Crippen molar-refractivity contribution < 1.29 is 8.78 Å². The van der Waals surface area contributed by atoms with Gasteiger partial charge in [-0.3, -0.25) is 0 Å². The predicted molar refractivity (Wildman–Crippen MR) is 34.0 cm³/mol. The number of alkyl halides is 2. The molecule has 0 amide bonds. The first-order valence-corrected chi connectivity index (χ1v) is 3.05. The van der Waals surface area contributed by atoms with Gasteiger partial charge in [-0.15, -0.1) is 0 Å². The molecule has 9 heavy (non-hydrogen) atoms. The van der Waals surface area contributed by atoms with Crippen molar-refractivity contribution in [3.05, 3.63) is 0 Å². The lowest BCUT2D eigenvalue weighted by molar-refractivity contribution is 0.197. The van der Waals surface area contributed by atoms with E-state index in [4.69, 9.17) is 0 Å². The van der Waals surface area contributed by atoms with E-state index < -0.39 is 18.9 Å². The van der Waals surface area contributed by atoms with Gasteiger partial charge < -0.3 is 5.32 Å². The normalized spacial score (nSPS) is 12.0. The first-order valence-electron chi connectivity index (χ1n) is 3.05. The second-order valence-electron chi connectivity index (χ2n) is 2.15. The molecular formula is C6H13F2N. The lowest BCUT2D eigenvalue weighted by Gasteiger charge is -2.24. The first-order chi connectivity index (χ1) is 4.24. The molecule has 0 unspecified atom stereocenters. The molecule has 0 bridgehead atoms. The number of nitrogens with one attached hydrogen (secondary N) is 1. The highest BCUT2D eigenvalue weighted by Crippen LogP contribution is 2.10. The number of halogens is 2. The number of hydrogen-bond acceptors (Lipinski definition) is 1. The molecular weight excluding hydrogens is 124 g/mol. The summed E-state index contributed by atoms with van der Waals surface area (Å²) in [6.07, 6.45) is 0.483. The van der Waals surface area contributed by atoms with Crippen LogP contribution in [0.1, 0.15) is 13.3 Å². The van der Waals surface area contributed by atoms with Crippen LogP contribution in [0.4, 0.5) is 8.78 Å². The fraction of sp³-hybridized carbons (Fsp3) is 1.00. The fourth-order valence-corrected chi connectivity index (χ4v) is 0.535. The van der Waals surface area contributed by atoms with Crippen molar-refractivity contribution in [2.75, 3.05) is 20.4 Å². The molecule has 0 atom stereocenters. The van der Waals surface area contributed by atoms with Crippen molar-refractivity contribution >= 4 is 0 Å². The van der Waals surface area contributed by atoms with Crippen LogP contribution in [0.3, 0.4) is 0 Å². The third-order valence-corrected chi connectivity index (χ3v) is 1.72. The van der Waals surface area contributed by atoms with Crippen molar-refractivity contribution in [1.29, 1.82) is 0 Å². The summed E-state index contributed by atoms with van der Waals surface area (Å²) in [4.78, 5) is 0. The minimum atomic E-state index is -0.917. The summed E-state index contributed by atoms with van der Waals surface area (Å²) < 4.78 is 24.0. The van der Waals surface area contributed by atoms with E-state index >= 15 is 0 Å². The molecule has 1 nitrogen and oxygen atoms in total. The van der Waals surface area contributed by atoms with E-state index in [1.165, 1.54) is 0 Å². The first kappa shape index (κ1) is 8.82. The molecule has 0 heterocycles. The molecule has 0 rings (SSSR count). The Bertz CT molecular complexity index is 53.9. The van der Waals surface area contributed by atoms with Gasteiger partial charge in [0.05, 0.1) is 5.54 Å². The summed E-state index contributed by atoms with van der Waals surface area (Å²) in [6, 6.07) is 0. The summed E-state index contributed by atoms with van der Waals surface area (Å²) in [7, 11) is 1.57. The lowest BCUT2D eigenvalue weighted by atomic mass is 10.0. The second-order valence-corrected chi connectivity index (χ2v) is 2.15. The molecule has 0 radical (unpaired) electrons. The van der Waals surface area contributed by atoms with Gasteiger partial charge in [-0.2, -0.15) is 0 Å². The van der Waals surface area contributed by atoms with Crippen LogP contribution in [0.5, 0.6) is 0 Å². The van der Waals surface area contributed by atoms with Gasteiger partial charge in [0, 0.05) is 0 Å². The average molecular weight is 137 g/mol. The summed E-state index contributed by atoms with van der Waals surface area (Å²) in [6.45, 7) is 0.475. The lowest BCUT2D eigenvalue weighted by Crippen LogP contribution is -2.46. The largest absolute Gasteiger partial charge is 0.310 e. The highest BCUT2D eigenvalue weighted by Gasteiger charge is 2.25. The van der Waals surface area contributed by atoms with Crippen molar-refractivity contribution in [2.45, 2.75) is 18.9 Å². The van der Waals surface area contributed by atoms with Crippen LogP contribution < -0.4 is 5.32 Å². The third kappa shape index (κ3) is 1.90. The molecule has 1 N–H and O–H groups in total. The van der Waals surface area contributed by atoms with Crippen LogP contribution in [-0.4, -0.2) is 25.9 Å². The van der Waals surface area contributed by atoms with E-state index in [2.05, 4.69) is 5.32 Å². The average Bonchev–Trinajstić information content (AvgIpc) is 1.95. The molecule has 3 heteroatoms. The van der Waals surface area contributed by atoms with Crippen LogP contribution in [0.15, 0.2) is 0 Å². The summed E-state index contributed by atoms with van der Waals surface area (Å²) >= 11 is 0. The molecule has 0 aliphatic rings. The predicted octanol–water partition coefficient (Wildman–Crippen LogP) is 1.29. The van der Waals surface area contributed by atoms with Crippen LogP contribution in [0.2, 0.25) is 0 Å². The summed E-state index contributed by atoms with van der Waals surface area (Å²) in [5, 5.41) is 2.61. The monoisotopic (exact) mass is 137 g/mol. The third-order valence-electron chi connectivity index (χ3n) is 1.72. The second kappa shape index (κ2) is 3.77.